The van der Waals surface area contributed by atoms with Gasteiger partial charge in [0.15, 0.2) is 0 Å². The maximum absolute atomic E-state index is 12.3. The first-order valence-corrected chi connectivity index (χ1v) is 13.0. The average molecular weight is 431 g/mol. The van der Waals surface area contributed by atoms with Crippen LogP contribution >= 0.6 is 0 Å². The van der Waals surface area contributed by atoms with Crippen molar-refractivity contribution in [2.45, 2.75) is 117 Å². The van der Waals surface area contributed by atoms with Gasteiger partial charge in [0.05, 0.1) is 6.10 Å². The molecular weight excluding hydrogens is 384 g/mol. The summed E-state index contributed by atoms with van der Waals surface area (Å²) < 4.78 is 5.56. The summed E-state index contributed by atoms with van der Waals surface area (Å²) >= 11 is 0. The number of allylic oxidation sites excluding steroid dienone is 1. The van der Waals surface area contributed by atoms with E-state index in [-0.39, 0.29) is 17.7 Å². The molecule has 3 saturated carbocycles. The van der Waals surface area contributed by atoms with Crippen molar-refractivity contribution in [3.8, 4) is 0 Å². The summed E-state index contributed by atoms with van der Waals surface area (Å²) in [6.45, 7) is 13.3. The van der Waals surface area contributed by atoms with E-state index in [9.17, 15) is 9.90 Å². The number of rotatable bonds is 4. The van der Waals surface area contributed by atoms with Crippen molar-refractivity contribution in [1.82, 2.24) is 0 Å². The summed E-state index contributed by atoms with van der Waals surface area (Å²) in [5.74, 6) is 3.70. The predicted octanol–water partition coefficient (Wildman–Crippen LogP) is 6.68. The standard InChI is InChI=1S/C28H46O3/c1-18(7-12-25(30)31-26(2,3)4)22-10-11-23-21-9-8-19-17-20(29)13-15-27(19,5)24(21)14-16-28(22,23)6/h8,18,20-24,29H,7,9-17H2,1-6H3/t18-,20+,21+,22-,23?,24?,27+,28-/m1/s1. The minimum absolute atomic E-state index is 0.0416. The first kappa shape index (κ1) is 23.3. The molecule has 0 radical (unpaired) electrons. The van der Waals surface area contributed by atoms with Gasteiger partial charge in [-0.25, -0.2) is 0 Å². The maximum atomic E-state index is 12.3. The minimum Gasteiger partial charge on any atom is -0.460 e. The zero-order chi connectivity index (χ0) is 22.6. The SMILES string of the molecule is C[C@H](CCC(=O)OC(C)(C)C)[C@H]1CCC2[C@@H]3CC=C4C[C@@H](O)CC[C@]4(C)C3CC[C@@]21C. The molecular formula is C28H46O3. The third-order valence-electron chi connectivity index (χ3n) is 10.1. The Morgan fingerprint density at radius 1 is 1.16 bits per heavy atom. The molecule has 31 heavy (non-hydrogen) atoms. The van der Waals surface area contributed by atoms with Gasteiger partial charge < -0.3 is 9.84 Å². The first-order chi connectivity index (χ1) is 14.4. The monoisotopic (exact) mass is 430 g/mol. The Morgan fingerprint density at radius 3 is 2.61 bits per heavy atom. The third kappa shape index (κ3) is 4.25. The molecule has 1 N–H and O–H groups in total. The second kappa shape index (κ2) is 8.19. The number of aliphatic hydroxyl groups excluding tert-OH is 1. The second-order valence-electron chi connectivity index (χ2n) is 13.0. The number of hydrogen-bond donors (Lipinski definition) is 1. The van der Waals surface area contributed by atoms with E-state index in [1.54, 1.807) is 5.57 Å². The van der Waals surface area contributed by atoms with E-state index in [1.807, 2.05) is 20.8 Å². The van der Waals surface area contributed by atoms with Crippen molar-refractivity contribution in [3.05, 3.63) is 11.6 Å². The van der Waals surface area contributed by atoms with Crippen LogP contribution in [-0.4, -0.2) is 22.8 Å². The van der Waals surface area contributed by atoms with Crippen LogP contribution in [0.5, 0.6) is 0 Å². The van der Waals surface area contributed by atoms with E-state index in [0.717, 1.165) is 42.9 Å². The Balaban J connectivity index is 1.44. The fraction of sp³-hybridized carbons (Fsp3) is 0.893. The molecule has 0 saturated heterocycles. The van der Waals surface area contributed by atoms with Crippen LogP contribution in [0, 0.1) is 40.4 Å². The normalized spacial score (nSPS) is 43.3. The minimum atomic E-state index is -0.387. The molecule has 0 bridgehead atoms. The summed E-state index contributed by atoms with van der Waals surface area (Å²) in [7, 11) is 0. The van der Waals surface area contributed by atoms with Crippen molar-refractivity contribution in [2.75, 3.05) is 0 Å². The number of carbonyl (C=O) groups is 1. The van der Waals surface area contributed by atoms with E-state index in [2.05, 4.69) is 26.8 Å². The third-order valence-corrected chi connectivity index (χ3v) is 10.1. The van der Waals surface area contributed by atoms with E-state index in [0.29, 0.717) is 23.2 Å². The molecule has 0 spiro atoms. The molecule has 0 aliphatic heterocycles. The Morgan fingerprint density at radius 2 is 1.90 bits per heavy atom. The highest BCUT2D eigenvalue weighted by atomic mass is 16.6. The molecule has 0 aromatic carbocycles. The van der Waals surface area contributed by atoms with Crippen LogP contribution in [0.1, 0.15) is 106 Å². The van der Waals surface area contributed by atoms with E-state index >= 15 is 0 Å². The Labute approximate surface area is 190 Å². The summed E-state index contributed by atoms with van der Waals surface area (Å²) in [4.78, 5) is 12.3. The van der Waals surface area contributed by atoms with E-state index < -0.39 is 0 Å². The maximum Gasteiger partial charge on any atom is 0.306 e. The van der Waals surface area contributed by atoms with Crippen LogP contribution in [0.2, 0.25) is 0 Å². The molecule has 4 aliphatic carbocycles. The Hall–Kier alpha value is -0.830. The van der Waals surface area contributed by atoms with Crippen molar-refractivity contribution < 1.29 is 14.6 Å². The van der Waals surface area contributed by atoms with Gasteiger partial charge in [0, 0.05) is 6.42 Å². The molecule has 0 aromatic heterocycles. The van der Waals surface area contributed by atoms with Gasteiger partial charge in [-0.05, 0) is 119 Å². The zero-order valence-electron chi connectivity index (χ0n) is 20.9. The number of esters is 1. The van der Waals surface area contributed by atoms with Crippen LogP contribution in [-0.2, 0) is 9.53 Å². The lowest BCUT2D eigenvalue weighted by molar-refractivity contribution is -0.155. The van der Waals surface area contributed by atoms with Crippen LogP contribution in [0.25, 0.3) is 0 Å². The molecule has 2 unspecified atom stereocenters. The highest BCUT2D eigenvalue weighted by molar-refractivity contribution is 5.69. The molecule has 0 heterocycles. The quantitative estimate of drug-likeness (QED) is 0.399. The number of carbonyl (C=O) groups excluding carboxylic acids is 1. The van der Waals surface area contributed by atoms with Gasteiger partial charge in [-0.1, -0.05) is 32.4 Å². The van der Waals surface area contributed by atoms with Crippen molar-refractivity contribution in [2.24, 2.45) is 40.4 Å². The molecule has 3 nitrogen and oxygen atoms in total. The molecule has 3 fully saturated rings. The number of aliphatic hydroxyl groups is 1. The fourth-order valence-corrected chi connectivity index (χ4v) is 8.56. The van der Waals surface area contributed by atoms with Crippen LogP contribution in [0.4, 0.5) is 0 Å². The summed E-state index contributed by atoms with van der Waals surface area (Å²) in [5.41, 5.74) is 1.92. The molecule has 176 valence electrons. The number of fused-ring (bicyclic) bond motifs is 5. The largest absolute Gasteiger partial charge is 0.460 e. The number of hydrogen-bond acceptors (Lipinski definition) is 3. The second-order valence-corrected chi connectivity index (χ2v) is 13.0. The summed E-state index contributed by atoms with van der Waals surface area (Å²) in [6, 6.07) is 0. The zero-order valence-corrected chi connectivity index (χ0v) is 20.9. The topological polar surface area (TPSA) is 46.5 Å². The van der Waals surface area contributed by atoms with E-state index in [1.165, 1.54) is 38.5 Å². The van der Waals surface area contributed by atoms with Crippen molar-refractivity contribution >= 4 is 5.97 Å². The molecule has 0 amide bonds. The Bertz CT molecular complexity index is 718. The lowest BCUT2D eigenvalue weighted by atomic mass is 9.47. The van der Waals surface area contributed by atoms with Gasteiger partial charge in [-0.3, -0.25) is 4.79 Å². The van der Waals surface area contributed by atoms with Gasteiger partial charge in [0.25, 0.3) is 0 Å². The first-order valence-electron chi connectivity index (χ1n) is 13.0. The summed E-state index contributed by atoms with van der Waals surface area (Å²) in [5, 5.41) is 10.2. The smallest absolute Gasteiger partial charge is 0.306 e. The van der Waals surface area contributed by atoms with Crippen LogP contribution in [0.15, 0.2) is 11.6 Å². The van der Waals surface area contributed by atoms with Crippen molar-refractivity contribution in [1.29, 1.82) is 0 Å². The van der Waals surface area contributed by atoms with Crippen molar-refractivity contribution in [3.63, 3.8) is 0 Å². The van der Waals surface area contributed by atoms with Crippen LogP contribution < -0.4 is 0 Å². The predicted molar refractivity (Wildman–Crippen MR) is 125 cm³/mol. The highest BCUT2D eigenvalue weighted by Crippen LogP contribution is 2.67. The van der Waals surface area contributed by atoms with Crippen LogP contribution in [0.3, 0.4) is 0 Å². The molecule has 4 rings (SSSR count). The number of ether oxygens (including phenoxy) is 1. The summed E-state index contributed by atoms with van der Waals surface area (Å²) in [6.07, 6.45) is 13.6. The average Bonchev–Trinajstić information content (AvgIpc) is 3.02. The lowest BCUT2D eigenvalue weighted by Gasteiger charge is -2.58. The Kier molecular flexibility index (Phi) is 6.16. The highest BCUT2D eigenvalue weighted by Gasteiger charge is 2.59. The molecule has 4 aliphatic rings. The lowest BCUT2D eigenvalue weighted by Crippen LogP contribution is -2.50. The fourth-order valence-electron chi connectivity index (χ4n) is 8.56. The molecule has 3 heteroatoms. The van der Waals surface area contributed by atoms with Gasteiger partial charge >= 0.3 is 5.97 Å². The van der Waals surface area contributed by atoms with Gasteiger partial charge in [-0.15, -0.1) is 0 Å². The van der Waals surface area contributed by atoms with Gasteiger partial charge in [0.1, 0.15) is 5.60 Å². The van der Waals surface area contributed by atoms with Gasteiger partial charge in [-0.2, -0.15) is 0 Å². The molecule has 8 atom stereocenters. The van der Waals surface area contributed by atoms with Gasteiger partial charge in [0.2, 0.25) is 0 Å². The van der Waals surface area contributed by atoms with E-state index in [4.69, 9.17) is 4.74 Å². The molecule has 0 aromatic rings.